The fourth-order valence-electron chi connectivity index (χ4n) is 2.99. The molecule has 1 aromatic carbocycles. The van der Waals surface area contributed by atoms with Crippen molar-refractivity contribution in [3.63, 3.8) is 0 Å². The van der Waals surface area contributed by atoms with Crippen LogP contribution in [0.15, 0.2) is 46.0 Å². The van der Waals surface area contributed by atoms with Crippen LogP contribution in [0.2, 0.25) is 0 Å². The summed E-state index contributed by atoms with van der Waals surface area (Å²) < 4.78 is 5.55. The Morgan fingerprint density at radius 1 is 1.38 bits per heavy atom. The lowest BCUT2D eigenvalue weighted by Crippen LogP contribution is -2.44. The molecular weight excluding hydrogens is 330 g/mol. The van der Waals surface area contributed by atoms with Gasteiger partial charge in [0.05, 0.1) is 12.2 Å². The Balaban J connectivity index is 1.51. The Morgan fingerprint density at radius 2 is 2.19 bits per heavy atom. The third kappa shape index (κ3) is 4.41. The predicted octanol–water partition coefficient (Wildman–Crippen LogP) is 2.02. The van der Waals surface area contributed by atoms with E-state index in [1.165, 1.54) is 0 Å². The fraction of sp³-hybridized carbons (Fsp3) is 0.421. The highest BCUT2D eigenvalue weighted by Gasteiger charge is 2.25. The minimum Gasteiger partial charge on any atom is -0.444 e. The molecule has 2 heterocycles. The Hall–Kier alpha value is -2.83. The first-order valence-corrected chi connectivity index (χ1v) is 8.94. The number of nitrogens with one attached hydrogen (secondary N) is 2. The van der Waals surface area contributed by atoms with Crippen LogP contribution in [0.4, 0.5) is 0 Å². The lowest BCUT2D eigenvalue weighted by Gasteiger charge is -2.18. The number of carbonyl (C=O) groups is 1. The highest BCUT2D eigenvalue weighted by atomic mass is 16.3. The van der Waals surface area contributed by atoms with Gasteiger partial charge in [0.1, 0.15) is 6.26 Å². The SMILES string of the molecule is CCC(=O)N1CCC(NC(=NC)NCc2coc(-c3ccccc3)n2)C1. The van der Waals surface area contributed by atoms with E-state index in [2.05, 4.69) is 20.6 Å². The molecule has 1 aliphatic heterocycles. The topological polar surface area (TPSA) is 82.8 Å². The average Bonchev–Trinajstić information content (AvgIpc) is 3.35. The largest absolute Gasteiger partial charge is 0.444 e. The van der Waals surface area contributed by atoms with Crippen molar-refractivity contribution in [1.82, 2.24) is 20.5 Å². The highest BCUT2D eigenvalue weighted by molar-refractivity contribution is 5.80. The van der Waals surface area contributed by atoms with Gasteiger partial charge in [0.25, 0.3) is 0 Å². The number of aromatic nitrogens is 1. The smallest absolute Gasteiger partial charge is 0.226 e. The molecule has 0 bridgehead atoms. The zero-order valence-electron chi connectivity index (χ0n) is 15.2. The summed E-state index contributed by atoms with van der Waals surface area (Å²) >= 11 is 0. The van der Waals surface area contributed by atoms with Gasteiger partial charge in [-0.2, -0.15) is 0 Å². The van der Waals surface area contributed by atoms with E-state index in [4.69, 9.17) is 4.42 Å². The van der Waals surface area contributed by atoms with Gasteiger partial charge >= 0.3 is 0 Å². The lowest BCUT2D eigenvalue weighted by molar-refractivity contribution is -0.129. The molecule has 0 spiro atoms. The normalized spacial score (nSPS) is 17.4. The van der Waals surface area contributed by atoms with E-state index in [9.17, 15) is 4.79 Å². The van der Waals surface area contributed by atoms with Gasteiger partial charge in [-0.25, -0.2) is 4.98 Å². The molecule has 1 aliphatic rings. The maximum Gasteiger partial charge on any atom is 0.226 e. The standard InChI is InChI=1S/C19H25N5O2/c1-3-17(25)24-10-9-15(12-24)23-19(20-2)21-11-16-13-26-18(22-16)14-7-5-4-6-8-14/h4-8,13,15H,3,9-12H2,1-2H3,(H2,20,21,23). The summed E-state index contributed by atoms with van der Waals surface area (Å²) in [6.07, 6.45) is 3.13. The molecule has 1 atom stereocenters. The predicted molar refractivity (Wildman–Crippen MR) is 101 cm³/mol. The van der Waals surface area contributed by atoms with Gasteiger partial charge in [-0.05, 0) is 18.6 Å². The van der Waals surface area contributed by atoms with E-state index < -0.39 is 0 Å². The van der Waals surface area contributed by atoms with Crippen molar-refractivity contribution >= 4 is 11.9 Å². The Labute approximate surface area is 153 Å². The number of likely N-dealkylation sites (tertiary alicyclic amines) is 1. The van der Waals surface area contributed by atoms with E-state index in [0.29, 0.717) is 24.8 Å². The number of amides is 1. The van der Waals surface area contributed by atoms with Crippen molar-refractivity contribution in [2.45, 2.75) is 32.4 Å². The number of nitrogens with zero attached hydrogens (tertiary/aromatic N) is 3. The molecule has 138 valence electrons. The van der Waals surface area contributed by atoms with Crippen molar-refractivity contribution in [2.24, 2.45) is 4.99 Å². The van der Waals surface area contributed by atoms with Gasteiger partial charge in [0.2, 0.25) is 11.8 Å². The van der Waals surface area contributed by atoms with E-state index in [1.807, 2.05) is 42.2 Å². The van der Waals surface area contributed by atoms with E-state index in [0.717, 1.165) is 30.8 Å². The average molecular weight is 355 g/mol. The zero-order valence-corrected chi connectivity index (χ0v) is 15.2. The van der Waals surface area contributed by atoms with Crippen molar-refractivity contribution in [1.29, 1.82) is 0 Å². The molecule has 7 nitrogen and oxygen atoms in total. The first-order valence-electron chi connectivity index (χ1n) is 8.94. The number of carbonyl (C=O) groups excluding carboxylic acids is 1. The van der Waals surface area contributed by atoms with Gasteiger partial charge in [0.15, 0.2) is 5.96 Å². The molecule has 7 heteroatoms. The highest BCUT2D eigenvalue weighted by Crippen LogP contribution is 2.17. The summed E-state index contributed by atoms with van der Waals surface area (Å²) in [5, 5.41) is 6.62. The maximum atomic E-state index is 11.8. The number of rotatable bonds is 5. The molecule has 26 heavy (non-hydrogen) atoms. The minimum absolute atomic E-state index is 0.202. The van der Waals surface area contributed by atoms with Crippen molar-refractivity contribution in [2.75, 3.05) is 20.1 Å². The summed E-state index contributed by atoms with van der Waals surface area (Å²) in [5.74, 6) is 1.51. The quantitative estimate of drug-likeness (QED) is 0.633. The molecule has 0 aliphatic carbocycles. The monoisotopic (exact) mass is 355 g/mol. The van der Waals surface area contributed by atoms with Crippen molar-refractivity contribution in [3.05, 3.63) is 42.3 Å². The Bertz CT molecular complexity index is 756. The number of oxazole rings is 1. The van der Waals surface area contributed by atoms with E-state index in [-0.39, 0.29) is 11.9 Å². The van der Waals surface area contributed by atoms with Gasteiger partial charge in [-0.3, -0.25) is 9.79 Å². The number of hydrogen-bond acceptors (Lipinski definition) is 4. The zero-order chi connectivity index (χ0) is 18.4. The number of benzene rings is 1. The van der Waals surface area contributed by atoms with Crippen LogP contribution in [-0.4, -0.2) is 47.9 Å². The number of guanidine groups is 1. The second-order valence-corrected chi connectivity index (χ2v) is 6.26. The number of hydrogen-bond donors (Lipinski definition) is 2. The van der Waals surface area contributed by atoms with Crippen molar-refractivity contribution in [3.8, 4) is 11.5 Å². The van der Waals surface area contributed by atoms with Gasteiger partial charge in [0, 0.05) is 38.2 Å². The molecule has 2 N–H and O–H groups in total. The van der Waals surface area contributed by atoms with Crippen LogP contribution in [0, 0.1) is 0 Å². The van der Waals surface area contributed by atoms with Gasteiger partial charge < -0.3 is 20.0 Å². The number of aliphatic imine (C=N–C) groups is 1. The summed E-state index contributed by atoms with van der Waals surface area (Å²) in [5.41, 5.74) is 1.76. The van der Waals surface area contributed by atoms with Crippen LogP contribution in [0.1, 0.15) is 25.5 Å². The van der Waals surface area contributed by atoms with E-state index >= 15 is 0 Å². The molecule has 1 saturated heterocycles. The van der Waals surface area contributed by atoms with Crippen LogP contribution in [0.3, 0.4) is 0 Å². The van der Waals surface area contributed by atoms with Gasteiger partial charge in [-0.15, -0.1) is 0 Å². The van der Waals surface area contributed by atoms with E-state index in [1.54, 1.807) is 13.3 Å². The molecule has 1 aromatic heterocycles. The van der Waals surface area contributed by atoms with Crippen LogP contribution in [-0.2, 0) is 11.3 Å². The molecule has 3 rings (SSSR count). The minimum atomic E-state index is 0.202. The molecule has 2 aromatic rings. The third-order valence-electron chi connectivity index (χ3n) is 4.42. The lowest BCUT2D eigenvalue weighted by atomic mass is 10.2. The molecule has 1 unspecified atom stereocenters. The summed E-state index contributed by atoms with van der Waals surface area (Å²) in [4.78, 5) is 22.4. The summed E-state index contributed by atoms with van der Waals surface area (Å²) in [7, 11) is 1.73. The fourth-order valence-corrected chi connectivity index (χ4v) is 2.99. The summed E-state index contributed by atoms with van der Waals surface area (Å²) in [6.45, 7) is 3.92. The molecule has 1 amide bonds. The molecule has 0 radical (unpaired) electrons. The molecule has 1 fully saturated rings. The van der Waals surface area contributed by atoms with Crippen LogP contribution >= 0.6 is 0 Å². The maximum absolute atomic E-state index is 11.8. The second kappa shape index (κ2) is 8.51. The Kier molecular flexibility index (Phi) is 5.88. The van der Waals surface area contributed by atoms with Gasteiger partial charge in [-0.1, -0.05) is 25.1 Å². The van der Waals surface area contributed by atoms with Crippen LogP contribution in [0.25, 0.3) is 11.5 Å². The first kappa shape index (κ1) is 18.0. The second-order valence-electron chi connectivity index (χ2n) is 6.26. The third-order valence-corrected chi connectivity index (χ3v) is 4.42. The van der Waals surface area contributed by atoms with Crippen molar-refractivity contribution < 1.29 is 9.21 Å². The Morgan fingerprint density at radius 3 is 2.92 bits per heavy atom. The van der Waals surface area contributed by atoms with Crippen LogP contribution < -0.4 is 10.6 Å². The first-order chi connectivity index (χ1) is 12.7. The van der Waals surface area contributed by atoms with Crippen LogP contribution in [0.5, 0.6) is 0 Å². The molecule has 0 saturated carbocycles. The molecular formula is C19H25N5O2. The summed E-state index contributed by atoms with van der Waals surface area (Å²) in [6, 6.07) is 10.0.